The molecule has 2 fully saturated rings. The van der Waals surface area contributed by atoms with E-state index in [2.05, 4.69) is 5.32 Å². The summed E-state index contributed by atoms with van der Waals surface area (Å²) in [5.74, 6) is 0.980. The van der Waals surface area contributed by atoms with Gasteiger partial charge in [-0.1, -0.05) is 0 Å². The second-order valence-electron chi connectivity index (χ2n) is 7.38. The van der Waals surface area contributed by atoms with Crippen LogP contribution in [0.2, 0.25) is 0 Å². The number of amides is 4. The zero-order valence-electron chi connectivity index (χ0n) is 16.1. The number of imide groups is 1. The number of urea groups is 1. The maximum Gasteiger partial charge on any atom is 0.325 e. The molecule has 146 valence electrons. The lowest BCUT2D eigenvalue weighted by atomic mass is 9.97. The average Bonchev–Trinajstić information content (AvgIpc) is 3.20. The molecular weight excluding hydrogens is 350 g/mol. The fourth-order valence-corrected chi connectivity index (χ4v) is 3.60. The number of hydrogen-bond acceptors (Lipinski definition) is 5. The lowest BCUT2D eigenvalue weighted by molar-refractivity contribution is -0.137. The Bertz CT molecular complexity index is 777. The van der Waals surface area contributed by atoms with Crippen LogP contribution in [0.15, 0.2) is 18.2 Å². The van der Waals surface area contributed by atoms with Gasteiger partial charge in [0.05, 0.1) is 14.2 Å². The van der Waals surface area contributed by atoms with Gasteiger partial charge in [0.25, 0.3) is 5.91 Å². The zero-order chi connectivity index (χ0) is 19.8. The molecule has 0 saturated carbocycles. The first-order valence-corrected chi connectivity index (χ1v) is 8.90. The van der Waals surface area contributed by atoms with Crippen LogP contribution in [-0.4, -0.2) is 67.0 Å². The molecule has 1 atom stereocenters. The standard InChI is InChI=1S/C19H25N3O5/c1-19(2)17(24)22(18(25)20-19)11-16(23)21-8-7-12(10-21)14-9-13(26-3)5-6-15(14)27-4/h5-6,9,12H,7-8,10-11H2,1-4H3,(H,20,25)/t12-/m1/s1. The van der Waals surface area contributed by atoms with Gasteiger partial charge in [-0.3, -0.25) is 14.5 Å². The molecule has 2 heterocycles. The summed E-state index contributed by atoms with van der Waals surface area (Å²) >= 11 is 0. The van der Waals surface area contributed by atoms with E-state index in [9.17, 15) is 14.4 Å². The molecule has 0 spiro atoms. The quantitative estimate of drug-likeness (QED) is 0.785. The summed E-state index contributed by atoms with van der Waals surface area (Å²) < 4.78 is 10.7. The van der Waals surface area contributed by atoms with Gasteiger partial charge in [0.1, 0.15) is 23.6 Å². The molecule has 0 bridgehead atoms. The maximum absolute atomic E-state index is 12.7. The number of hydrogen-bond donors (Lipinski definition) is 1. The molecule has 1 aromatic rings. The monoisotopic (exact) mass is 375 g/mol. The van der Waals surface area contributed by atoms with Crippen LogP contribution in [-0.2, 0) is 9.59 Å². The predicted octanol–water partition coefficient (Wildman–Crippen LogP) is 1.35. The van der Waals surface area contributed by atoms with Gasteiger partial charge in [-0.25, -0.2) is 4.79 Å². The van der Waals surface area contributed by atoms with Crippen LogP contribution in [0, 0.1) is 0 Å². The minimum Gasteiger partial charge on any atom is -0.497 e. The van der Waals surface area contributed by atoms with Crippen molar-refractivity contribution in [3.8, 4) is 11.5 Å². The van der Waals surface area contributed by atoms with E-state index in [0.29, 0.717) is 13.1 Å². The Labute approximate surface area is 158 Å². The molecule has 0 radical (unpaired) electrons. The molecule has 4 amide bonds. The smallest absolute Gasteiger partial charge is 0.325 e. The van der Waals surface area contributed by atoms with Crippen molar-refractivity contribution in [2.75, 3.05) is 33.9 Å². The number of likely N-dealkylation sites (tertiary alicyclic amines) is 1. The van der Waals surface area contributed by atoms with Crippen molar-refractivity contribution in [3.05, 3.63) is 23.8 Å². The first-order valence-electron chi connectivity index (χ1n) is 8.90. The molecule has 0 unspecified atom stereocenters. The molecule has 8 nitrogen and oxygen atoms in total. The minimum atomic E-state index is -0.973. The number of nitrogens with zero attached hydrogens (tertiary/aromatic N) is 2. The normalized spacial score (nSPS) is 21.4. The average molecular weight is 375 g/mol. The molecule has 2 aliphatic heterocycles. The second-order valence-corrected chi connectivity index (χ2v) is 7.38. The Balaban J connectivity index is 1.69. The van der Waals surface area contributed by atoms with E-state index in [1.165, 1.54) is 0 Å². The fourth-order valence-electron chi connectivity index (χ4n) is 3.60. The van der Waals surface area contributed by atoms with Crippen molar-refractivity contribution in [1.29, 1.82) is 0 Å². The summed E-state index contributed by atoms with van der Waals surface area (Å²) in [4.78, 5) is 39.6. The van der Waals surface area contributed by atoms with Gasteiger partial charge < -0.3 is 19.7 Å². The van der Waals surface area contributed by atoms with Crippen molar-refractivity contribution in [2.24, 2.45) is 0 Å². The molecule has 3 rings (SSSR count). The Morgan fingerprint density at radius 2 is 2.00 bits per heavy atom. The van der Waals surface area contributed by atoms with Crippen molar-refractivity contribution >= 4 is 17.8 Å². The molecule has 8 heteroatoms. The van der Waals surface area contributed by atoms with Crippen LogP contribution in [0.25, 0.3) is 0 Å². The van der Waals surface area contributed by atoms with Crippen LogP contribution in [0.3, 0.4) is 0 Å². The number of rotatable bonds is 5. The number of carbonyl (C=O) groups excluding carboxylic acids is 3. The van der Waals surface area contributed by atoms with Crippen molar-refractivity contribution in [2.45, 2.75) is 31.7 Å². The topological polar surface area (TPSA) is 88.2 Å². The molecule has 1 aromatic carbocycles. The summed E-state index contributed by atoms with van der Waals surface area (Å²) in [6.07, 6.45) is 0.779. The van der Waals surface area contributed by atoms with Crippen molar-refractivity contribution in [1.82, 2.24) is 15.1 Å². The van der Waals surface area contributed by atoms with Crippen LogP contribution in [0.4, 0.5) is 4.79 Å². The van der Waals surface area contributed by atoms with Gasteiger partial charge in [-0.05, 0) is 38.5 Å². The third-order valence-electron chi connectivity index (χ3n) is 5.16. The van der Waals surface area contributed by atoms with Crippen molar-refractivity contribution in [3.63, 3.8) is 0 Å². The Morgan fingerprint density at radius 1 is 1.26 bits per heavy atom. The summed E-state index contributed by atoms with van der Waals surface area (Å²) in [5, 5.41) is 2.59. The molecule has 0 aliphatic carbocycles. The number of nitrogens with one attached hydrogen (secondary N) is 1. The lowest BCUT2D eigenvalue weighted by Gasteiger charge is -2.21. The number of benzene rings is 1. The minimum absolute atomic E-state index is 0.110. The van der Waals surface area contributed by atoms with Gasteiger partial charge in [0.15, 0.2) is 0 Å². The Hall–Kier alpha value is -2.77. The third-order valence-corrected chi connectivity index (χ3v) is 5.16. The number of carbonyl (C=O) groups is 3. The van der Waals surface area contributed by atoms with Gasteiger partial charge >= 0.3 is 6.03 Å². The third kappa shape index (κ3) is 3.56. The highest BCUT2D eigenvalue weighted by Crippen LogP contribution is 2.36. The number of methoxy groups -OCH3 is 2. The zero-order valence-corrected chi connectivity index (χ0v) is 16.1. The highest BCUT2D eigenvalue weighted by molar-refractivity contribution is 6.08. The summed E-state index contributed by atoms with van der Waals surface area (Å²) in [6.45, 7) is 4.08. The van der Waals surface area contributed by atoms with E-state index in [4.69, 9.17) is 9.47 Å². The van der Waals surface area contributed by atoms with E-state index in [0.717, 1.165) is 28.4 Å². The number of ether oxygens (including phenoxy) is 2. The van der Waals surface area contributed by atoms with E-state index >= 15 is 0 Å². The van der Waals surface area contributed by atoms with E-state index in [1.807, 2.05) is 18.2 Å². The first kappa shape index (κ1) is 19.0. The van der Waals surface area contributed by atoms with Crippen LogP contribution >= 0.6 is 0 Å². The van der Waals surface area contributed by atoms with Crippen LogP contribution < -0.4 is 14.8 Å². The summed E-state index contributed by atoms with van der Waals surface area (Å²) in [7, 11) is 3.22. The second kappa shape index (κ2) is 7.09. The van der Waals surface area contributed by atoms with Crippen LogP contribution in [0.1, 0.15) is 31.7 Å². The Morgan fingerprint density at radius 3 is 2.59 bits per heavy atom. The highest BCUT2D eigenvalue weighted by Gasteiger charge is 2.45. The fraction of sp³-hybridized carbons (Fsp3) is 0.526. The van der Waals surface area contributed by atoms with Crippen molar-refractivity contribution < 1.29 is 23.9 Å². The summed E-state index contributed by atoms with van der Waals surface area (Å²) in [6, 6.07) is 5.09. The molecule has 0 aromatic heterocycles. The molecule has 2 aliphatic rings. The van der Waals surface area contributed by atoms with E-state index in [1.54, 1.807) is 33.0 Å². The SMILES string of the molecule is COc1ccc(OC)c([C@@H]2CCN(C(=O)CN3C(=O)NC(C)(C)C3=O)C2)c1. The molecular formula is C19H25N3O5. The van der Waals surface area contributed by atoms with E-state index < -0.39 is 11.6 Å². The summed E-state index contributed by atoms with van der Waals surface area (Å²) in [5.41, 5.74) is 0.0158. The van der Waals surface area contributed by atoms with E-state index in [-0.39, 0.29) is 24.3 Å². The van der Waals surface area contributed by atoms with Gasteiger partial charge in [-0.2, -0.15) is 0 Å². The van der Waals surface area contributed by atoms with Crippen LogP contribution in [0.5, 0.6) is 11.5 Å². The molecule has 1 N–H and O–H groups in total. The highest BCUT2D eigenvalue weighted by atomic mass is 16.5. The first-order chi connectivity index (χ1) is 12.8. The molecule has 27 heavy (non-hydrogen) atoms. The molecule has 2 saturated heterocycles. The van der Waals surface area contributed by atoms with Gasteiger partial charge in [-0.15, -0.1) is 0 Å². The van der Waals surface area contributed by atoms with Gasteiger partial charge in [0, 0.05) is 24.6 Å². The van der Waals surface area contributed by atoms with Gasteiger partial charge in [0.2, 0.25) is 5.91 Å². The predicted molar refractivity (Wildman–Crippen MR) is 97.8 cm³/mol. The Kier molecular flexibility index (Phi) is 4.99. The lowest BCUT2D eigenvalue weighted by Crippen LogP contribution is -2.44. The maximum atomic E-state index is 12.7. The largest absolute Gasteiger partial charge is 0.497 e.